The molecule has 0 aromatic carbocycles. The van der Waals surface area contributed by atoms with E-state index >= 15 is 0 Å². The van der Waals surface area contributed by atoms with Crippen molar-refractivity contribution in [1.29, 1.82) is 0 Å². The average Bonchev–Trinajstić information content (AvgIpc) is 2.46. The number of pyridine rings is 1. The highest BCUT2D eigenvalue weighted by atomic mass is 16.1. The first-order valence-corrected chi connectivity index (χ1v) is 6.89. The van der Waals surface area contributed by atoms with Crippen LogP contribution >= 0.6 is 0 Å². The third kappa shape index (κ3) is 3.92. The first-order chi connectivity index (χ1) is 9.19. The largest absolute Gasteiger partial charge is 0.370 e. The van der Waals surface area contributed by atoms with Gasteiger partial charge in [-0.1, -0.05) is 6.42 Å². The Morgan fingerprint density at radius 3 is 2.79 bits per heavy atom. The van der Waals surface area contributed by atoms with Crippen LogP contribution in [0.15, 0.2) is 18.3 Å². The van der Waals surface area contributed by atoms with Crippen molar-refractivity contribution >= 4 is 11.7 Å². The molecule has 0 unspecified atom stereocenters. The molecule has 5 heteroatoms. The maximum atomic E-state index is 10.9. The van der Waals surface area contributed by atoms with E-state index in [1.807, 2.05) is 0 Å². The van der Waals surface area contributed by atoms with Crippen LogP contribution in [0.2, 0.25) is 0 Å². The minimum atomic E-state index is -0.447. The highest BCUT2D eigenvalue weighted by Crippen LogP contribution is 2.28. The fourth-order valence-corrected chi connectivity index (χ4v) is 2.69. The van der Waals surface area contributed by atoms with E-state index in [0.717, 1.165) is 18.9 Å². The second-order valence-electron chi connectivity index (χ2n) is 5.31. The van der Waals surface area contributed by atoms with Gasteiger partial charge in [0.1, 0.15) is 5.82 Å². The van der Waals surface area contributed by atoms with E-state index in [2.05, 4.69) is 10.3 Å². The van der Waals surface area contributed by atoms with Crippen LogP contribution in [-0.2, 0) is 0 Å². The lowest BCUT2D eigenvalue weighted by Gasteiger charge is -2.28. The number of hydrogen-bond donors (Lipinski definition) is 3. The minimum absolute atomic E-state index is 0.436. The number of aromatic nitrogens is 1. The number of primary amides is 1. The van der Waals surface area contributed by atoms with Crippen molar-refractivity contribution in [3.05, 3.63) is 23.9 Å². The smallest absolute Gasteiger partial charge is 0.250 e. The van der Waals surface area contributed by atoms with E-state index in [4.69, 9.17) is 11.5 Å². The van der Waals surface area contributed by atoms with Crippen molar-refractivity contribution < 1.29 is 4.79 Å². The molecule has 1 heterocycles. The molecule has 104 valence electrons. The Bertz CT molecular complexity index is 418. The molecule has 1 aliphatic carbocycles. The van der Waals surface area contributed by atoms with Crippen LogP contribution in [0.1, 0.15) is 36.0 Å². The Hall–Kier alpha value is -1.62. The van der Waals surface area contributed by atoms with E-state index in [-0.39, 0.29) is 0 Å². The number of nitrogens with one attached hydrogen (secondary N) is 1. The number of carbonyl (C=O) groups is 1. The number of hydrogen-bond acceptors (Lipinski definition) is 4. The molecule has 2 atom stereocenters. The molecule has 0 aliphatic heterocycles. The first kappa shape index (κ1) is 13.8. The lowest BCUT2D eigenvalue weighted by Crippen LogP contribution is -2.26. The predicted octanol–water partition coefficient (Wildman–Crippen LogP) is 1.36. The van der Waals surface area contributed by atoms with Crippen LogP contribution in [0.5, 0.6) is 0 Å². The molecule has 0 spiro atoms. The van der Waals surface area contributed by atoms with Crippen molar-refractivity contribution in [2.75, 3.05) is 18.4 Å². The van der Waals surface area contributed by atoms with Gasteiger partial charge in [0.05, 0.1) is 5.56 Å². The number of rotatable bonds is 5. The molecule has 19 heavy (non-hydrogen) atoms. The standard InChI is InChI=1S/C14H22N4O/c15-7-10-2-1-3-11(6-10)8-17-13-5-4-12(9-18-13)14(16)19/h4-5,9-11H,1-3,6-8,15H2,(H2,16,19)(H,17,18)/t10-,11+/m0/s1. The molecule has 1 aromatic heterocycles. The van der Waals surface area contributed by atoms with E-state index in [9.17, 15) is 4.79 Å². The summed E-state index contributed by atoms with van der Waals surface area (Å²) in [4.78, 5) is 15.1. The summed E-state index contributed by atoms with van der Waals surface area (Å²) in [5.74, 6) is 1.68. The van der Waals surface area contributed by atoms with Crippen LogP contribution in [0.4, 0.5) is 5.82 Å². The third-order valence-electron chi connectivity index (χ3n) is 3.84. The number of nitrogens with two attached hydrogens (primary N) is 2. The summed E-state index contributed by atoms with van der Waals surface area (Å²) in [5.41, 5.74) is 11.4. The van der Waals surface area contributed by atoms with Gasteiger partial charge in [0.2, 0.25) is 5.91 Å². The zero-order valence-corrected chi connectivity index (χ0v) is 11.1. The molecule has 5 N–H and O–H groups in total. The fraction of sp³-hybridized carbons (Fsp3) is 0.571. The van der Waals surface area contributed by atoms with Gasteiger partial charge in [0.15, 0.2) is 0 Å². The van der Waals surface area contributed by atoms with E-state index in [0.29, 0.717) is 17.4 Å². The summed E-state index contributed by atoms with van der Waals surface area (Å²) in [6.45, 7) is 1.71. The van der Waals surface area contributed by atoms with Gasteiger partial charge >= 0.3 is 0 Å². The Kier molecular flexibility index (Phi) is 4.74. The van der Waals surface area contributed by atoms with E-state index < -0.39 is 5.91 Å². The molecule has 0 radical (unpaired) electrons. The van der Waals surface area contributed by atoms with Gasteiger partial charge in [-0.3, -0.25) is 4.79 Å². The van der Waals surface area contributed by atoms with Gasteiger partial charge in [-0.15, -0.1) is 0 Å². The number of nitrogens with zero attached hydrogens (tertiary/aromatic N) is 1. The molecule has 5 nitrogen and oxygen atoms in total. The summed E-state index contributed by atoms with van der Waals surface area (Å²) in [6, 6.07) is 3.49. The molecule has 1 saturated carbocycles. The predicted molar refractivity (Wildman–Crippen MR) is 75.7 cm³/mol. The highest BCUT2D eigenvalue weighted by molar-refractivity contribution is 5.92. The maximum absolute atomic E-state index is 10.9. The van der Waals surface area contributed by atoms with Crippen molar-refractivity contribution in [3.8, 4) is 0 Å². The summed E-state index contributed by atoms with van der Waals surface area (Å²) in [5, 5.41) is 3.32. The molecule has 1 fully saturated rings. The molecule has 0 bridgehead atoms. The normalized spacial score (nSPS) is 23.0. The van der Waals surface area contributed by atoms with E-state index in [1.54, 1.807) is 12.1 Å². The molecule has 0 saturated heterocycles. The molecule has 1 amide bonds. The molecule has 1 aromatic rings. The Morgan fingerprint density at radius 2 is 2.16 bits per heavy atom. The molecule has 1 aliphatic rings. The van der Waals surface area contributed by atoms with Crippen molar-refractivity contribution in [3.63, 3.8) is 0 Å². The van der Waals surface area contributed by atoms with Gasteiger partial charge in [-0.25, -0.2) is 4.98 Å². The Morgan fingerprint density at radius 1 is 1.37 bits per heavy atom. The lowest BCUT2D eigenvalue weighted by atomic mass is 9.81. The van der Waals surface area contributed by atoms with Gasteiger partial charge < -0.3 is 16.8 Å². The lowest BCUT2D eigenvalue weighted by molar-refractivity contribution is 0.1000. The summed E-state index contributed by atoms with van der Waals surface area (Å²) >= 11 is 0. The Labute approximate surface area is 113 Å². The molecule has 2 rings (SSSR count). The summed E-state index contributed by atoms with van der Waals surface area (Å²) < 4.78 is 0. The number of anilines is 1. The van der Waals surface area contributed by atoms with Crippen molar-refractivity contribution in [2.24, 2.45) is 23.3 Å². The molecular formula is C14H22N4O. The zero-order valence-electron chi connectivity index (χ0n) is 11.1. The van der Waals surface area contributed by atoms with Crippen LogP contribution in [-0.4, -0.2) is 24.0 Å². The van der Waals surface area contributed by atoms with Crippen LogP contribution < -0.4 is 16.8 Å². The third-order valence-corrected chi connectivity index (χ3v) is 3.84. The van der Waals surface area contributed by atoms with Crippen LogP contribution in [0.25, 0.3) is 0 Å². The Balaban J connectivity index is 1.83. The minimum Gasteiger partial charge on any atom is -0.370 e. The fourth-order valence-electron chi connectivity index (χ4n) is 2.69. The van der Waals surface area contributed by atoms with Gasteiger partial charge in [0.25, 0.3) is 0 Å². The monoisotopic (exact) mass is 262 g/mol. The maximum Gasteiger partial charge on any atom is 0.250 e. The topological polar surface area (TPSA) is 94.0 Å². The van der Waals surface area contributed by atoms with E-state index in [1.165, 1.54) is 31.9 Å². The number of amides is 1. The van der Waals surface area contributed by atoms with Gasteiger partial charge in [-0.05, 0) is 49.8 Å². The molecular weight excluding hydrogens is 240 g/mol. The van der Waals surface area contributed by atoms with Crippen molar-refractivity contribution in [2.45, 2.75) is 25.7 Å². The summed E-state index contributed by atoms with van der Waals surface area (Å²) in [6.07, 6.45) is 6.49. The average molecular weight is 262 g/mol. The number of carbonyl (C=O) groups excluding carboxylic acids is 1. The van der Waals surface area contributed by atoms with Crippen LogP contribution in [0.3, 0.4) is 0 Å². The second-order valence-corrected chi connectivity index (χ2v) is 5.31. The van der Waals surface area contributed by atoms with Crippen LogP contribution in [0, 0.1) is 11.8 Å². The first-order valence-electron chi connectivity index (χ1n) is 6.89. The quantitative estimate of drug-likeness (QED) is 0.746. The van der Waals surface area contributed by atoms with Gasteiger partial charge in [0, 0.05) is 12.7 Å². The highest BCUT2D eigenvalue weighted by Gasteiger charge is 2.20. The van der Waals surface area contributed by atoms with Crippen molar-refractivity contribution in [1.82, 2.24) is 4.98 Å². The summed E-state index contributed by atoms with van der Waals surface area (Å²) in [7, 11) is 0. The van der Waals surface area contributed by atoms with Gasteiger partial charge in [-0.2, -0.15) is 0 Å². The zero-order chi connectivity index (χ0) is 13.7. The SMILES string of the molecule is NC[C@H]1CCC[C@@H](CNc2ccc(C(N)=O)cn2)C1. The second kappa shape index (κ2) is 6.52.